The van der Waals surface area contributed by atoms with E-state index < -0.39 is 0 Å². The maximum absolute atomic E-state index is 12.8. The monoisotopic (exact) mass is 390 g/mol. The Labute approximate surface area is 168 Å². The summed E-state index contributed by atoms with van der Waals surface area (Å²) in [5.74, 6) is 0.0629. The second-order valence-corrected chi connectivity index (χ2v) is 7.50. The molecule has 5 rings (SSSR count). The molecule has 29 heavy (non-hydrogen) atoms. The van der Waals surface area contributed by atoms with Crippen LogP contribution in [0.1, 0.15) is 16.8 Å². The first-order valence-electron chi connectivity index (χ1n) is 9.98. The molecular formula is C22H22N4O3. The van der Waals surface area contributed by atoms with Gasteiger partial charge >= 0.3 is 0 Å². The number of piperazine rings is 1. The molecule has 148 valence electrons. The second kappa shape index (κ2) is 7.40. The normalized spacial score (nSPS) is 20.3. The summed E-state index contributed by atoms with van der Waals surface area (Å²) in [5.41, 5.74) is 2.77. The highest BCUT2D eigenvalue weighted by molar-refractivity contribution is 5.95. The first-order chi connectivity index (χ1) is 14.2. The maximum atomic E-state index is 12.8. The van der Waals surface area contributed by atoms with Crippen molar-refractivity contribution in [3.63, 3.8) is 0 Å². The zero-order chi connectivity index (χ0) is 19.8. The van der Waals surface area contributed by atoms with Crippen molar-refractivity contribution in [3.05, 3.63) is 58.7 Å². The average molecular weight is 390 g/mol. The summed E-state index contributed by atoms with van der Waals surface area (Å²) in [6.07, 6.45) is 0.530. The van der Waals surface area contributed by atoms with Crippen molar-refractivity contribution in [1.82, 2.24) is 9.80 Å². The number of benzene rings is 2. The molecule has 2 aromatic carbocycles. The molecule has 0 bridgehead atoms. The summed E-state index contributed by atoms with van der Waals surface area (Å²) in [4.78, 5) is 37.4. The molecule has 0 aliphatic carbocycles. The van der Waals surface area contributed by atoms with Crippen LogP contribution in [0.2, 0.25) is 0 Å². The van der Waals surface area contributed by atoms with Crippen molar-refractivity contribution >= 4 is 11.8 Å². The molecule has 2 saturated heterocycles. The minimum absolute atomic E-state index is 0.00583. The molecule has 1 atom stereocenters. The van der Waals surface area contributed by atoms with Gasteiger partial charge in [-0.15, -0.1) is 0 Å². The average Bonchev–Trinajstić information content (AvgIpc) is 3.20. The van der Waals surface area contributed by atoms with Gasteiger partial charge in [-0.25, -0.2) is 0 Å². The minimum atomic E-state index is -0.273. The Balaban J connectivity index is 1.24. The number of carbonyl (C=O) groups excluding carboxylic acids is 2. The molecule has 0 saturated carbocycles. The Morgan fingerprint density at radius 2 is 1.52 bits per heavy atom. The summed E-state index contributed by atoms with van der Waals surface area (Å²) in [6, 6.07) is 13.7. The molecule has 2 aromatic rings. The van der Waals surface area contributed by atoms with E-state index in [1.54, 1.807) is 0 Å². The lowest BCUT2D eigenvalue weighted by Gasteiger charge is -2.38. The molecule has 7 nitrogen and oxygen atoms in total. The van der Waals surface area contributed by atoms with E-state index in [9.17, 15) is 9.59 Å². The second-order valence-electron chi connectivity index (χ2n) is 7.50. The molecule has 0 aromatic heterocycles. The van der Waals surface area contributed by atoms with Gasteiger partial charge < -0.3 is 14.5 Å². The van der Waals surface area contributed by atoms with Gasteiger partial charge in [0.25, 0.3) is 11.8 Å². The maximum Gasteiger partial charge on any atom is 0.253 e. The largest absolute Gasteiger partial charge is 0.368 e. The fraction of sp³-hybridized carbons (Fsp3) is 0.364. The topological polar surface area (TPSA) is 74.6 Å². The fourth-order valence-corrected chi connectivity index (χ4v) is 3.90. The molecule has 2 fully saturated rings. The van der Waals surface area contributed by atoms with E-state index in [1.807, 2.05) is 52.3 Å². The van der Waals surface area contributed by atoms with Gasteiger partial charge in [-0.05, 0) is 35.4 Å². The fourth-order valence-electron chi connectivity index (χ4n) is 3.90. The number of rotatable bonds is 3. The lowest BCUT2D eigenvalue weighted by Crippen LogP contribution is -2.54. The van der Waals surface area contributed by atoms with Crippen LogP contribution in [0.25, 0.3) is 11.1 Å². The first kappa shape index (κ1) is 18.0. The number of ether oxygens (including phenoxy) is 1. The van der Waals surface area contributed by atoms with Gasteiger partial charge in [-0.1, -0.05) is 18.2 Å². The van der Waals surface area contributed by atoms with Crippen LogP contribution in [-0.4, -0.2) is 67.2 Å². The zero-order valence-electron chi connectivity index (χ0n) is 16.1. The smallest absolute Gasteiger partial charge is 0.253 e. The SMILES string of the molecule is O=C(c1ccc(-c2ccc3c(c2)=NCN=3)cc1)N1CCN(C(=O)C2CCO2)CC1. The van der Waals surface area contributed by atoms with E-state index in [-0.39, 0.29) is 17.9 Å². The van der Waals surface area contributed by atoms with Crippen LogP contribution in [0.5, 0.6) is 0 Å². The molecule has 0 N–H and O–H groups in total. The van der Waals surface area contributed by atoms with Crippen molar-refractivity contribution in [3.8, 4) is 11.1 Å². The number of fused-ring (bicyclic) bond motifs is 1. The molecule has 3 aliphatic heterocycles. The quantitative estimate of drug-likeness (QED) is 0.772. The van der Waals surface area contributed by atoms with E-state index in [0.717, 1.165) is 28.3 Å². The van der Waals surface area contributed by atoms with Crippen LogP contribution < -0.4 is 10.7 Å². The molecule has 2 amide bonds. The highest BCUT2D eigenvalue weighted by Gasteiger charge is 2.33. The number of nitrogens with zero attached hydrogens (tertiary/aromatic N) is 4. The number of hydrogen-bond donors (Lipinski definition) is 0. The molecule has 0 radical (unpaired) electrons. The van der Waals surface area contributed by atoms with E-state index in [0.29, 0.717) is 45.0 Å². The van der Waals surface area contributed by atoms with Crippen molar-refractivity contribution < 1.29 is 14.3 Å². The molecule has 1 unspecified atom stereocenters. The van der Waals surface area contributed by atoms with Crippen LogP contribution in [0.4, 0.5) is 0 Å². The van der Waals surface area contributed by atoms with Gasteiger partial charge in [0.1, 0.15) is 12.8 Å². The predicted molar refractivity (Wildman–Crippen MR) is 106 cm³/mol. The zero-order valence-corrected chi connectivity index (χ0v) is 16.1. The van der Waals surface area contributed by atoms with Crippen LogP contribution in [0, 0.1) is 0 Å². The van der Waals surface area contributed by atoms with Gasteiger partial charge in [0, 0.05) is 38.2 Å². The highest BCUT2D eigenvalue weighted by Crippen LogP contribution is 2.20. The first-order valence-corrected chi connectivity index (χ1v) is 9.98. The Morgan fingerprint density at radius 1 is 0.862 bits per heavy atom. The predicted octanol–water partition coefficient (Wildman–Crippen LogP) is 0.637. The van der Waals surface area contributed by atoms with Crippen molar-refractivity contribution in [2.24, 2.45) is 9.98 Å². The Hall–Kier alpha value is -3.06. The molecular weight excluding hydrogens is 368 g/mol. The lowest BCUT2D eigenvalue weighted by molar-refractivity contribution is -0.157. The minimum Gasteiger partial charge on any atom is -0.368 e. The van der Waals surface area contributed by atoms with Gasteiger partial charge in [-0.3, -0.25) is 19.6 Å². The Morgan fingerprint density at radius 3 is 2.21 bits per heavy atom. The van der Waals surface area contributed by atoms with Gasteiger partial charge in [0.2, 0.25) is 0 Å². The lowest BCUT2D eigenvalue weighted by atomic mass is 10.0. The molecule has 7 heteroatoms. The van der Waals surface area contributed by atoms with Gasteiger partial charge in [0.15, 0.2) is 0 Å². The van der Waals surface area contributed by atoms with E-state index in [2.05, 4.69) is 9.98 Å². The summed E-state index contributed by atoms with van der Waals surface area (Å²) in [7, 11) is 0. The molecule has 3 aliphatic rings. The Kier molecular flexibility index (Phi) is 4.60. The van der Waals surface area contributed by atoms with E-state index in [1.165, 1.54) is 0 Å². The van der Waals surface area contributed by atoms with Crippen LogP contribution in [0.3, 0.4) is 0 Å². The third-order valence-electron chi connectivity index (χ3n) is 5.78. The summed E-state index contributed by atoms with van der Waals surface area (Å²) >= 11 is 0. The van der Waals surface area contributed by atoms with Crippen molar-refractivity contribution in [2.45, 2.75) is 12.5 Å². The summed E-state index contributed by atoms with van der Waals surface area (Å²) < 4.78 is 5.28. The summed E-state index contributed by atoms with van der Waals surface area (Å²) in [5, 5.41) is 1.85. The highest BCUT2D eigenvalue weighted by atomic mass is 16.5. The number of hydrogen-bond acceptors (Lipinski definition) is 5. The molecule has 3 heterocycles. The van der Waals surface area contributed by atoms with E-state index >= 15 is 0 Å². The Bertz CT molecular complexity index is 1070. The van der Waals surface area contributed by atoms with Crippen molar-refractivity contribution in [2.75, 3.05) is 39.5 Å². The van der Waals surface area contributed by atoms with Crippen molar-refractivity contribution in [1.29, 1.82) is 0 Å². The number of carbonyl (C=O) groups is 2. The third-order valence-corrected chi connectivity index (χ3v) is 5.78. The van der Waals surface area contributed by atoms with Crippen LogP contribution >= 0.6 is 0 Å². The van der Waals surface area contributed by atoms with E-state index in [4.69, 9.17) is 4.74 Å². The van der Waals surface area contributed by atoms with Crippen LogP contribution in [0.15, 0.2) is 52.4 Å². The number of amides is 2. The third kappa shape index (κ3) is 3.42. The van der Waals surface area contributed by atoms with Gasteiger partial charge in [0.05, 0.1) is 17.3 Å². The molecule has 0 spiro atoms. The standard InChI is InChI=1S/C22H22N4O3/c27-21(25-8-10-26(11-9-25)22(28)20-7-12-29-20)16-3-1-15(2-4-16)17-5-6-18-19(13-17)24-14-23-18/h1-6,13,20H,7-12,14H2. The van der Waals surface area contributed by atoms with Gasteiger partial charge in [-0.2, -0.15) is 0 Å². The summed E-state index contributed by atoms with van der Waals surface area (Å²) in [6.45, 7) is 3.39. The van der Waals surface area contributed by atoms with Crippen LogP contribution in [-0.2, 0) is 9.53 Å².